The van der Waals surface area contributed by atoms with E-state index < -0.39 is 4.92 Å². The molecule has 0 amide bonds. The Hall–Kier alpha value is -2.66. The molecule has 21 heavy (non-hydrogen) atoms. The second-order valence-corrected chi connectivity index (χ2v) is 4.39. The molecule has 0 unspecified atom stereocenters. The Bertz CT molecular complexity index is 630. The van der Waals surface area contributed by atoms with Gasteiger partial charge in [0, 0.05) is 17.7 Å². The number of hydrogen-bond acceptors (Lipinski definition) is 6. The van der Waals surface area contributed by atoms with E-state index in [2.05, 4.69) is 45.5 Å². The highest BCUT2D eigenvalue weighted by molar-refractivity contribution is 7.80. The van der Waals surface area contributed by atoms with Crippen LogP contribution in [-0.4, -0.2) is 27.1 Å². The maximum atomic E-state index is 10.8. The van der Waals surface area contributed by atoms with E-state index in [-0.39, 0.29) is 21.6 Å². The van der Waals surface area contributed by atoms with Crippen LogP contribution in [0.5, 0.6) is 0 Å². The summed E-state index contributed by atoms with van der Waals surface area (Å²) in [5.74, 6) is 0. The van der Waals surface area contributed by atoms with Crippen molar-refractivity contribution in [2.45, 2.75) is 0 Å². The van der Waals surface area contributed by atoms with Gasteiger partial charge in [-0.3, -0.25) is 21.0 Å². The zero-order valence-electron chi connectivity index (χ0n) is 10.5. The van der Waals surface area contributed by atoms with E-state index in [1.165, 1.54) is 24.4 Å². The Morgan fingerprint density at radius 1 is 1.29 bits per heavy atom. The summed E-state index contributed by atoms with van der Waals surface area (Å²) < 4.78 is 0. The van der Waals surface area contributed by atoms with Crippen molar-refractivity contribution in [2.75, 3.05) is 0 Å². The minimum Gasteiger partial charge on any atom is -0.375 e. The molecule has 0 aromatic heterocycles. The third-order valence-corrected chi connectivity index (χ3v) is 2.18. The van der Waals surface area contributed by atoms with Crippen LogP contribution in [0.4, 0.5) is 5.69 Å². The van der Waals surface area contributed by atoms with Crippen LogP contribution in [0, 0.1) is 10.1 Å². The molecule has 0 aliphatic carbocycles. The van der Waals surface area contributed by atoms with Gasteiger partial charge < -0.3 is 11.5 Å². The molecule has 0 radical (unpaired) electrons. The lowest BCUT2D eigenvalue weighted by atomic mass is 10.1. The molecule has 1 aromatic rings. The van der Waals surface area contributed by atoms with Crippen molar-refractivity contribution >= 4 is 52.3 Å². The largest absolute Gasteiger partial charge is 0.375 e. The lowest BCUT2D eigenvalue weighted by molar-refractivity contribution is -0.384. The molecule has 0 heterocycles. The third kappa shape index (κ3) is 5.88. The fourth-order valence-corrected chi connectivity index (χ4v) is 1.32. The highest BCUT2D eigenvalue weighted by Gasteiger charge is 2.09. The van der Waals surface area contributed by atoms with Gasteiger partial charge in [0.15, 0.2) is 10.2 Å². The van der Waals surface area contributed by atoms with Crippen molar-refractivity contribution in [1.82, 2.24) is 10.9 Å². The molecule has 1 rings (SSSR count). The number of nitrogens with two attached hydrogens (primary N) is 2. The van der Waals surface area contributed by atoms with Crippen molar-refractivity contribution in [3.8, 4) is 0 Å². The Morgan fingerprint density at radius 2 is 1.95 bits per heavy atom. The van der Waals surface area contributed by atoms with Crippen molar-refractivity contribution in [3.05, 3.63) is 39.9 Å². The van der Waals surface area contributed by atoms with Crippen LogP contribution in [0.15, 0.2) is 34.5 Å². The standard InChI is InChI=1S/C10H11N7O2S2/c11-9(20)15-13-5-8(14-16-10(12)21)6-2-1-3-7(4-6)17(18)19/h1-5H,(H3,11,15,20)(H3,12,16,21)/b13-5+,14-8+. The lowest BCUT2D eigenvalue weighted by Crippen LogP contribution is -2.27. The maximum Gasteiger partial charge on any atom is 0.270 e. The fraction of sp³-hybridized carbons (Fsp3) is 0. The molecule has 0 aliphatic heterocycles. The zero-order chi connectivity index (χ0) is 15.8. The number of hydrazone groups is 2. The van der Waals surface area contributed by atoms with Gasteiger partial charge in [-0.05, 0) is 24.4 Å². The molecule has 110 valence electrons. The number of nitro groups is 1. The number of nitrogens with one attached hydrogen (secondary N) is 2. The van der Waals surface area contributed by atoms with E-state index in [0.29, 0.717) is 5.56 Å². The van der Waals surface area contributed by atoms with Gasteiger partial charge in [-0.15, -0.1) is 0 Å². The van der Waals surface area contributed by atoms with Crippen LogP contribution in [0.2, 0.25) is 0 Å². The molecule has 0 saturated carbocycles. The van der Waals surface area contributed by atoms with Crippen LogP contribution in [0.1, 0.15) is 5.56 Å². The predicted molar refractivity (Wildman–Crippen MR) is 88.0 cm³/mol. The summed E-state index contributed by atoms with van der Waals surface area (Å²) in [6.07, 6.45) is 1.27. The number of nitrogens with zero attached hydrogens (tertiary/aromatic N) is 3. The quantitative estimate of drug-likeness (QED) is 0.255. The van der Waals surface area contributed by atoms with E-state index in [1.54, 1.807) is 6.07 Å². The molecule has 0 fully saturated rings. The Kier molecular flexibility index (Phi) is 6.10. The number of thiocarbonyl (C=S) groups is 2. The molecule has 1 aromatic carbocycles. The monoisotopic (exact) mass is 325 g/mol. The number of benzene rings is 1. The van der Waals surface area contributed by atoms with E-state index in [0.717, 1.165) is 0 Å². The molecular formula is C10H11N7O2S2. The molecule has 0 atom stereocenters. The molecule has 0 bridgehead atoms. The van der Waals surface area contributed by atoms with Crippen molar-refractivity contribution < 1.29 is 4.92 Å². The van der Waals surface area contributed by atoms with E-state index in [4.69, 9.17) is 11.5 Å². The summed E-state index contributed by atoms with van der Waals surface area (Å²) in [5.41, 5.74) is 15.8. The summed E-state index contributed by atoms with van der Waals surface area (Å²) in [7, 11) is 0. The summed E-state index contributed by atoms with van der Waals surface area (Å²) >= 11 is 9.23. The van der Waals surface area contributed by atoms with Crippen LogP contribution in [0.3, 0.4) is 0 Å². The summed E-state index contributed by atoms with van der Waals surface area (Å²) in [6.45, 7) is 0. The van der Waals surface area contributed by atoms with Crippen LogP contribution in [-0.2, 0) is 0 Å². The van der Waals surface area contributed by atoms with Gasteiger partial charge in [0.05, 0.1) is 11.1 Å². The summed E-state index contributed by atoms with van der Waals surface area (Å²) in [5, 5.41) is 18.3. The summed E-state index contributed by atoms with van der Waals surface area (Å²) in [6, 6.07) is 5.80. The van der Waals surface area contributed by atoms with Gasteiger partial charge in [0.1, 0.15) is 5.71 Å². The van der Waals surface area contributed by atoms with Gasteiger partial charge in [-0.25, -0.2) is 0 Å². The zero-order valence-corrected chi connectivity index (χ0v) is 12.1. The molecule has 9 nitrogen and oxygen atoms in total. The van der Waals surface area contributed by atoms with Crippen molar-refractivity contribution in [1.29, 1.82) is 0 Å². The summed E-state index contributed by atoms with van der Waals surface area (Å²) in [4.78, 5) is 10.3. The first-order chi connectivity index (χ1) is 9.90. The van der Waals surface area contributed by atoms with E-state index >= 15 is 0 Å². The lowest BCUT2D eigenvalue weighted by Gasteiger charge is -2.03. The van der Waals surface area contributed by atoms with Crippen molar-refractivity contribution in [3.63, 3.8) is 0 Å². The number of non-ortho nitro benzene ring substituents is 1. The smallest absolute Gasteiger partial charge is 0.270 e. The first kappa shape index (κ1) is 16.4. The molecular weight excluding hydrogens is 314 g/mol. The minimum absolute atomic E-state index is 0.0352. The Balaban J connectivity index is 3.10. The second kappa shape index (κ2) is 7.81. The number of nitro benzene ring substituents is 1. The Labute approximate surface area is 130 Å². The second-order valence-electron chi connectivity index (χ2n) is 3.51. The van der Waals surface area contributed by atoms with Crippen LogP contribution in [0.25, 0.3) is 0 Å². The molecule has 11 heteroatoms. The van der Waals surface area contributed by atoms with Crippen LogP contribution >= 0.6 is 24.4 Å². The average molecular weight is 325 g/mol. The van der Waals surface area contributed by atoms with Gasteiger partial charge in [-0.1, -0.05) is 12.1 Å². The van der Waals surface area contributed by atoms with Gasteiger partial charge >= 0.3 is 0 Å². The van der Waals surface area contributed by atoms with E-state index in [9.17, 15) is 10.1 Å². The maximum absolute atomic E-state index is 10.8. The highest BCUT2D eigenvalue weighted by atomic mass is 32.1. The van der Waals surface area contributed by atoms with Crippen LogP contribution < -0.4 is 22.3 Å². The van der Waals surface area contributed by atoms with Gasteiger partial charge in [0.25, 0.3) is 5.69 Å². The first-order valence-corrected chi connectivity index (χ1v) is 6.18. The molecule has 0 saturated heterocycles. The van der Waals surface area contributed by atoms with E-state index in [1.807, 2.05) is 0 Å². The number of rotatable bonds is 5. The normalized spacial score (nSPS) is 11.1. The average Bonchev–Trinajstić information content (AvgIpc) is 2.42. The van der Waals surface area contributed by atoms with Crippen molar-refractivity contribution in [2.24, 2.45) is 21.7 Å². The first-order valence-electron chi connectivity index (χ1n) is 5.36. The minimum atomic E-state index is -0.521. The molecule has 6 N–H and O–H groups in total. The SMILES string of the molecule is NC(=S)N/N=C(\C=N\NC(N)=S)c1cccc([N+](=O)[O-])c1. The fourth-order valence-electron chi connectivity index (χ4n) is 1.22. The van der Waals surface area contributed by atoms with Gasteiger partial charge in [-0.2, -0.15) is 10.2 Å². The van der Waals surface area contributed by atoms with Gasteiger partial charge in [0.2, 0.25) is 0 Å². The highest BCUT2D eigenvalue weighted by Crippen LogP contribution is 2.13. The topological polar surface area (TPSA) is 144 Å². The third-order valence-electron chi connectivity index (χ3n) is 2.00. The predicted octanol–water partition coefficient (Wildman–Crippen LogP) is -0.0489. The molecule has 0 aliphatic rings. The Morgan fingerprint density at radius 3 is 2.52 bits per heavy atom. The molecule has 0 spiro atoms. The number of hydrogen-bond donors (Lipinski definition) is 4.